The van der Waals surface area contributed by atoms with Gasteiger partial charge < -0.3 is 15.3 Å². The third-order valence-electron chi connectivity index (χ3n) is 3.02. The van der Waals surface area contributed by atoms with Crippen LogP contribution in [0.4, 0.5) is 19.3 Å². The molecule has 1 heterocycles. The van der Waals surface area contributed by atoms with Gasteiger partial charge in [0.15, 0.2) is 0 Å². The summed E-state index contributed by atoms with van der Waals surface area (Å²) >= 11 is 0. The van der Waals surface area contributed by atoms with Crippen LogP contribution in [0.2, 0.25) is 0 Å². The molecule has 2 amide bonds. The van der Waals surface area contributed by atoms with E-state index in [9.17, 15) is 13.6 Å². The van der Waals surface area contributed by atoms with Crippen molar-refractivity contribution in [3.05, 3.63) is 29.8 Å². The number of halogens is 2. The maximum atomic E-state index is 13.4. The van der Waals surface area contributed by atoms with Crippen LogP contribution in [0, 0.1) is 11.6 Å². The van der Waals surface area contributed by atoms with Crippen molar-refractivity contribution in [2.75, 3.05) is 18.5 Å². The highest BCUT2D eigenvalue weighted by atomic mass is 19.1. The highest BCUT2D eigenvalue weighted by molar-refractivity contribution is 5.89. The lowest BCUT2D eigenvalue weighted by Crippen LogP contribution is -2.40. The fourth-order valence-corrected chi connectivity index (χ4v) is 2.07. The van der Waals surface area contributed by atoms with Gasteiger partial charge in [0.1, 0.15) is 11.6 Å². The number of rotatable bonds is 2. The Bertz CT molecular complexity index is 454. The summed E-state index contributed by atoms with van der Waals surface area (Å²) < 4.78 is 26.1. The standard InChI is InChI=1S/C12H14F2N2O2/c13-8-3-4-11(10(14)6-8)15-12(18)16-5-1-2-9(16)7-17/h3-4,6,9,17H,1-2,5,7H2,(H,15,18)/t9-/m0/s1. The van der Waals surface area contributed by atoms with Crippen LogP contribution >= 0.6 is 0 Å². The summed E-state index contributed by atoms with van der Waals surface area (Å²) in [5.41, 5.74) is -0.0648. The molecule has 1 fully saturated rings. The molecule has 1 aliphatic rings. The van der Waals surface area contributed by atoms with Gasteiger partial charge in [-0.1, -0.05) is 0 Å². The molecular formula is C12H14F2N2O2. The molecule has 6 heteroatoms. The summed E-state index contributed by atoms with van der Waals surface area (Å²) in [6.45, 7) is 0.416. The summed E-state index contributed by atoms with van der Waals surface area (Å²) in [7, 11) is 0. The zero-order valence-electron chi connectivity index (χ0n) is 9.70. The molecule has 4 nitrogen and oxygen atoms in total. The van der Waals surface area contributed by atoms with Gasteiger partial charge in [0.05, 0.1) is 18.3 Å². The predicted octanol–water partition coefficient (Wildman–Crippen LogP) is 1.95. The normalized spacial score (nSPS) is 19.1. The van der Waals surface area contributed by atoms with E-state index in [2.05, 4.69) is 5.32 Å². The quantitative estimate of drug-likeness (QED) is 0.849. The van der Waals surface area contributed by atoms with E-state index in [1.165, 1.54) is 11.0 Å². The van der Waals surface area contributed by atoms with Gasteiger partial charge in [-0.3, -0.25) is 0 Å². The molecule has 0 bridgehead atoms. The predicted molar refractivity (Wildman–Crippen MR) is 62.2 cm³/mol. The van der Waals surface area contributed by atoms with E-state index in [0.29, 0.717) is 12.6 Å². The SMILES string of the molecule is O=C(Nc1ccc(F)cc1F)N1CCC[C@H]1CO. The van der Waals surface area contributed by atoms with Crippen LogP contribution in [0.3, 0.4) is 0 Å². The van der Waals surface area contributed by atoms with Crippen molar-refractivity contribution in [1.29, 1.82) is 0 Å². The Kier molecular flexibility index (Phi) is 3.76. The van der Waals surface area contributed by atoms with Crippen LogP contribution in [0.25, 0.3) is 0 Å². The third-order valence-corrected chi connectivity index (χ3v) is 3.02. The number of hydrogen-bond donors (Lipinski definition) is 2. The first kappa shape index (κ1) is 12.8. The number of carbonyl (C=O) groups excluding carboxylic acids is 1. The Labute approximate surface area is 103 Å². The number of likely N-dealkylation sites (tertiary alicyclic amines) is 1. The van der Waals surface area contributed by atoms with Crippen molar-refractivity contribution in [1.82, 2.24) is 4.90 Å². The first-order valence-corrected chi connectivity index (χ1v) is 5.75. The van der Waals surface area contributed by atoms with Gasteiger partial charge in [0.2, 0.25) is 0 Å². The molecule has 2 N–H and O–H groups in total. The summed E-state index contributed by atoms with van der Waals surface area (Å²) in [5, 5.41) is 11.5. The number of urea groups is 1. The van der Waals surface area contributed by atoms with Gasteiger partial charge in [-0.25, -0.2) is 13.6 Å². The number of hydrogen-bond acceptors (Lipinski definition) is 2. The third kappa shape index (κ3) is 2.59. The Morgan fingerprint density at radius 1 is 1.50 bits per heavy atom. The number of nitrogens with one attached hydrogen (secondary N) is 1. The Hall–Kier alpha value is -1.69. The van der Waals surface area contributed by atoms with Crippen molar-refractivity contribution < 1.29 is 18.7 Å². The number of aliphatic hydroxyl groups is 1. The molecule has 0 aliphatic carbocycles. The topological polar surface area (TPSA) is 52.6 Å². The second kappa shape index (κ2) is 5.30. The van der Waals surface area contributed by atoms with Gasteiger partial charge >= 0.3 is 6.03 Å². The monoisotopic (exact) mass is 256 g/mol. The van der Waals surface area contributed by atoms with Gasteiger partial charge in [0.25, 0.3) is 0 Å². The minimum atomic E-state index is -0.817. The number of carbonyl (C=O) groups is 1. The summed E-state index contributed by atoms with van der Waals surface area (Å²) in [6.07, 6.45) is 1.54. The number of benzene rings is 1. The minimum Gasteiger partial charge on any atom is -0.394 e. The molecule has 0 unspecified atom stereocenters. The fourth-order valence-electron chi connectivity index (χ4n) is 2.07. The first-order valence-electron chi connectivity index (χ1n) is 5.75. The lowest BCUT2D eigenvalue weighted by atomic mass is 10.2. The zero-order chi connectivity index (χ0) is 13.1. The maximum Gasteiger partial charge on any atom is 0.322 e. The van der Waals surface area contributed by atoms with E-state index < -0.39 is 17.7 Å². The first-order chi connectivity index (χ1) is 8.61. The fraction of sp³-hybridized carbons (Fsp3) is 0.417. The maximum absolute atomic E-state index is 13.4. The van der Waals surface area contributed by atoms with E-state index in [-0.39, 0.29) is 18.3 Å². The van der Waals surface area contributed by atoms with Crippen molar-refractivity contribution in [2.24, 2.45) is 0 Å². The van der Waals surface area contributed by atoms with Crippen molar-refractivity contribution in [3.8, 4) is 0 Å². The average Bonchev–Trinajstić information content (AvgIpc) is 2.81. The van der Waals surface area contributed by atoms with Crippen molar-refractivity contribution >= 4 is 11.7 Å². The molecule has 0 aromatic heterocycles. The molecule has 0 radical (unpaired) electrons. The number of amides is 2. The van der Waals surface area contributed by atoms with Gasteiger partial charge in [-0.15, -0.1) is 0 Å². The van der Waals surface area contributed by atoms with Crippen LogP contribution in [0.15, 0.2) is 18.2 Å². The lowest BCUT2D eigenvalue weighted by Gasteiger charge is -2.23. The molecule has 1 aromatic rings. The summed E-state index contributed by atoms with van der Waals surface area (Å²) in [6, 6.07) is 2.26. The van der Waals surface area contributed by atoms with Gasteiger partial charge in [-0.05, 0) is 25.0 Å². The molecule has 1 aromatic carbocycles. The van der Waals surface area contributed by atoms with Crippen LogP contribution < -0.4 is 5.32 Å². The second-order valence-electron chi connectivity index (χ2n) is 4.23. The van der Waals surface area contributed by atoms with Crippen LogP contribution in [-0.4, -0.2) is 35.2 Å². The molecule has 0 saturated carbocycles. The average molecular weight is 256 g/mol. The second-order valence-corrected chi connectivity index (χ2v) is 4.23. The Morgan fingerprint density at radius 3 is 2.94 bits per heavy atom. The molecule has 1 atom stereocenters. The number of nitrogens with zero attached hydrogens (tertiary/aromatic N) is 1. The summed E-state index contributed by atoms with van der Waals surface area (Å²) in [4.78, 5) is 13.3. The van der Waals surface area contributed by atoms with Crippen LogP contribution in [-0.2, 0) is 0 Å². The largest absolute Gasteiger partial charge is 0.394 e. The van der Waals surface area contributed by atoms with Crippen molar-refractivity contribution in [2.45, 2.75) is 18.9 Å². The molecule has 1 saturated heterocycles. The van der Waals surface area contributed by atoms with Gasteiger partial charge in [-0.2, -0.15) is 0 Å². The molecule has 2 rings (SSSR count). The van der Waals surface area contributed by atoms with E-state index in [1.807, 2.05) is 0 Å². The van der Waals surface area contributed by atoms with Crippen LogP contribution in [0.1, 0.15) is 12.8 Å². The van der Waals surface area contributed by atoms with Crippen LogP contribution in [0.5, 0.6) is 0 Å². The summed E-state index contributed by atoms with van der Waals surface area (Å²) in [5.74, 6) is -1.51. The molecular weight excluding hydrogens is 242 g/mol. The van der Waals surface area contributed by atoms with E-state index >= 15 is 0 Å². The van der Waals surface area contributed by atoms with Crippen molar-refractivity contribution in [3.63, 3.8) is 0 Å². The molecule has 18 heavy (non-hydrogen) atoms. The number of aliphatic hydroxyl groups excluding tert-OH is 1. The molecule has 0 spiro atoms. The smallest absolute Gasteiger partial charge is 0.322 e. The zero-order valence-corrected chi connectivity index (χ0v) is 9.70. The highest BCUT2D eigenvalue weighted by Crippen LogP contribution is 2.20. The van der Waals surface area contributed by atoms with E-state index in [1.54, 1.807) is 0 Å². The Morgan fingerprint density at radius 2 is 2.28 bits per heavy atom. The van der Waals surface area contributed by atoms with E-state index in [0.717, 1.165) is 18.9 Å². The Balaban J connectivity index is 2.07. The number of anilines is 1. The lowest BCUT2D eigenvalue weighted by molar-refractivity contribution is 0.166. The van der Waals surface area contributed by atoms with Gasteiger partial charge in [0, 0.05) is 12.6 Å². The minimum absolute atomic E-state index is 0.0648. The molecule has 98 valence electrons. The molecule has 1 aliphatic heterocycles. The van der Waals surface area contributed by atoms with E-state index in [4.69, 9.17) is 5.11 Å². The highest BCUT2D eigenvalue weighted by Gasteiger charge is 2.28.